The largest absolute Gasteiger partial charge is 0.394 e. The molecule has 0 aliphatic carbocycles. The number of carbonyl (C=O) groups is 1. The van der Waals surface area contributed by atoms with Gasteiger partial charge in [0, 0.05) is 5.56 Å². The van der Waals surface area contributed by atoms with Gasteiger partial charge in [0.15, 0.2) is 0 Å². The highest BCUT2D eigenvalue weighted by Gasteiger charge is 2.12. The van der Waals surface area contributed by atoms with Gasteiger partial charge in [-0.3, -0.25) is 4.79 Å². The van der Waals surface area contributed by atoms with Crippen molar-refractivity contribution in [1.82, 2.24) is 10.3 Å². The number of amides is 1. The second-order valence-corrected chi connectivity index (χ2v) is 4.04. The summed E-state index contributed by atoms with van der Waals surface area (Å²) in [4.78, 5) is 15.4. The maximum atomic E-state index is 11.7. The highest BCUT2D eigenvalue weighted by Crippen LogP contribution is 2.14. The van der Waals surface area contributed by atoms with Crippen molar-refractivity contribution in [3.63, 3.8) is 0 Å². The molecule has 0 spiro atoms. The molecule has 1 atom stereocenters. The first-order valence-corrected chi connectivity index (χ1v) is 5.57. The highest BCUT2D eigenvalue weighted by atomic mass is 35.5. The number of carbonyl (C=O) groups excluding carboxylic acids is 1. The van der Waals surface area contributed by atoms with Gasteiger partial charge in [-0.1, -0.05) is 30.1 Å². The van der Waals surface area contributed by atoms with E-state index >= 15 is 0 Å². The van der Waals surface area contributed by atoms with Gasteiger partial charge in [-0.05, 0) is 18.6 Å². The van der Waals surface area contributed by atoms with Gasteiger partial charge in [0.1, 0.15) is 10.3 Å². The van der Waals surface area contributed by atoms with Crippen LogP contribution in [0.3, 0.4) is 0 Å². The van der Waals surface area contributed by atoms with Gasteiger partial charge in [0.05, 0.1) is 12.6 Å². The van der Waals surface area contributed by atoms with E-state index in [2.05, 4.69) is 10.3 Å². The Kier molecular flexibility index (Phi) is 4.99. The van der Waals surface area contributed by atoms with E-state index in [0.29, 0.717) is 12.0 Å². The second-order valence-electron chi connectivity index (χ2n) is 3.26. The average molecular weight is 263 g/mol. The summed E-state index contributed by atoms with van der Waals surface area (Å²) in [6.45, 7) is 1.77. The molecule has 1 rings (SSSR count). The van der Waals surface area contributed by atoms with Gasteiger partial charge >= 0.3 is 0 Å². The van der Waals surface area contributed by atoms with Gasteiger partial charge in [-0.2, -0.15) is 0 Å². The number of nitrogens with zero attached hydrogens (tertiary/aromatic N) is 1. The Morgan fingerprint density at radius 3 is 2.50 bits per heavy atom. The van der Waals surface area contributed by atoms with Crippen LogP contribution < -0.4 is 5.32 Å². The summed E-state index contributed by atoms with van der Waals surface area (Å²) in [5, 5.41) is 11.9. The van der Waals surface area contributed by atoms with E-state index in [-0.39, 0.29) is 28.9 Å². The van der Waals surface area contributed by atoms with Gasteiger partial charge in [-0.25, -0.2) is 4.98 Å². The van der Waals surface area contributed by atoms with E-state index in [4.69, 9.17) is 28.3 Å². The molecule has 1 aromatic rings. The molecule has 88 valence electrons. The summed E-state index contributed by atoms with van der Waals surface area (Å²) < 4.78 is 0. The standard InChI is InChI=1S/C10H12Cl2N2O2/c1-2-7(5-15)13-10(16)6-3-8(11)14-9(12)4-6/h3-4,7,15H,2,5H2,1H3,(H,13,16)/t7-/m0/s1. The number of aliphatic hydroxyl groups excluding tert-OH is 1. The van der Waals surface area contributed by atoms with Crippen LogP contribution in [0.25, 0.3) is 0 Å². The van der Waals surface area contributed by atoms with E-state index < -0.39 is 0 Å². The van der Waals surface area contributed by atoms with Crippen molar-refractivity contribution >= 4 is 29.1 Å². The number of hydrogen-bond donors (Lipinski definition) is 2. The van der Waals surface area contributed by atoms with Gasteiger partial charge < -0.3 is 10.4 Å². The number of rotatable bonds is 4. The van der Waals surface area contributed by atoms with Crippen LogP contribution in [-0.2, 0) is 0 Å². The van der Waals surface area contributed by atoms with Crippen LogP contribution in [0, 0.1) is 0 Å². The molecular formula is C10H12Cl2N2O2. The van der Waals surface area contributed by atoms with Crippen LogP contribution in [0.2, 0.25) is 10.3 Å². The third kappa shape index (κ3) is 3.63. The van der Waals surface area contributed by atoms with Gasteiger partial charge in [0.25, 0.3) is 5.91 Å². The molecular weight excluding hydrogens is 251 g/mol. The quantitative estimate of drug-likeness (QED) is 0.815. The molecule has 1 aromatic heterocycles. The Morgan fingerprint density at radius 1 is 1.50 bits per heavy atom. The highest BCUT2D eigenvalue weighted by molar-refractivity contribution is 6.33. The number of aromatic nitrogens is 1. The van der Waals surface area contributed by atoms with E-state index in [1.54, 1.807) is 0 Å². The molecule has 0 fully saturated rings. The summed E-state index contributed by atoms with van der Waals surface area (Å²) in [6.07, 6.45) is 0.648. The number of aliphatic hydroxyl groups is 1. The lowest BCUT2D eigenvalue weighted by Crippen LogP contribution is -2.36. The summed E-state index contributed by atoms with van der Waals surface area (Å²) in [5.41, 5.74) is 0.330. The molecule has 1 amide bonds. The number of nitrogens with one attached hydrogen (secondary N) is 1. The maximum absolute atomic E-state index is 11.7. The van der Waals surface area contributed by atoms with Crippen LogP contribution >= 0.6 is 23.2 Å². The van der Waals surface area contributed by atoms with Crippen LogP contribution in [0.15, 0.2) is 12.1 Å². The molecule has 16 heavy (non-hydrogen) atoms. The molecule has 0 bridgehead atoms. The predicted octanol–water partition coefficient (Wildman–Crippen LogP) is 1.89. The molecule has 2 N–H and O–H groups in total. The first-order valence-electron chi connectivity index (χ1n) is 4.81. The summed E-state index contributed by atoms with van der Waals surface area (Å²) in [6, 6.07) is 2.58. The zero-order valence-electron chi connectivity index (χ0n) is 8.70. The summed E-state index contributed by atoms with van der Waals surface area (Å²) in [5.74, 6) is -0.327. The zero-order chi connectivity index (χ0) is 12.1. The molecule has 0 unspecified atom stereocenters. The Hall–Kier alpha value is -0.840. The van der Waals surface area contributed by atoms with Crippen molar-refractivity contribution in [3.8, 4) is 0 Å². The van der Waals surface area contributed by atoms with Gasteiger partial charge in [-0.15, -0.1) is 0 Å². The summed E-state index contributed by atoms with van der Waals surface area (Å²) >= 11 is 11.3. The molecule has 0 aromatic carbocycles. The Morgan fingerprint density at radius 2 is 2.06 bits per heavy atom. The van der Waals surface area contributed by atoms with E-state index in [0.717, 1.165) is 0 Å². The van der Waals surface area contributed by atoms with Crippen LogP contribution in [0.4, 0.5) is 0 Å². The monoisotopic (exact) mass is 262 g/mol. The molecule has 0 saturated carbocycles. The molecule has 1 heterocycles. The first-order chi connectivity index (χ1) is 7.56. The first kappa shape index (κ1) is 13.2. The Labute approximate surface area is 104 Å². The van der Waals surface area contributed by atoms with Crippen molar-refractivity contribution in [3.05, 3.63) is 28.0 Å². The van der Waals surface area contributed by atoms with Crippen LogP contribution in [0.5, 0.6) is 0 Å². The number of halogens is 2. The zero-order valence-corrected chi connectivity index (χ0v) is 10.2. The van der Waals surface area contributed by atoms with E-state index in [1.165, 1.54) is 12.1 Å². The number of hydrogen-bond acceptors (Lipinski definition) is 3. The molecule has 0 saturated heterocycles. The lowest BCUT2D eigenvalue weighted by atomic mass is 10.2. The van der Waals surface area contributed by atoms with Gasteiger partial charge in [0.2, 0.25) is 0 Å². The minimum atomic E-state index is -0.327. The van der Waals surface area contributed by atoms with E-state index in [1.807, 2.05) is 6.92 Å². The number of pyridine rings is 1. The predicted molar refractivity (Wildman–Crippen MR) is 62.9 cm³/mol. The Balaban J connectivity index is 2.80. The maximum Gasteiger partial charge on any atom is 0.251 e. The van der Waals surface area contributed by atoms with Crippen LogP contribution in [0.1, 0.15) is 23.7 Å². The third-order valence-corrected chi connectivity index (χ3v) is 2.46. The molecule has 0 aliphatic heterocycles. The van der Waals surface area contributed by atoms with Crippen molar-refractivity contribution in [2.24, 2.45) is 0 Å². The van der Waals surface area contributed by atoms with Crippen LogP contribution in [-0.4, -0.2) is 28.6 Å². The molecule has 0 radical (unpaired) electrons. The minimum Gasteiger partial charge on any atom is -0.394 e. The summed E-state index contributed by atoms with van der Waals surface area (Å²) in [7, 11) is 0. The lowest BCUT2D eigenvalue weighted by Gasteiger charge is -2.13. The normalized spacial score (nSPS) is 12.2. The molecule has 4 nitrogen and oxygen atoms in total. The third-order valence-electron chi connectivity index (χ3n) is 2.07. The molecule has 6 heteroatoms. The fourth-order valence-corrected chi connectivity index (χ4v) is 1.60. The minimum absolute atomic E-state index is 0.102. The SMILES string of the molecule is CC[C@@H](CO)NC(=O)c1cc(Cl)nc(Cl)c1. The van der Waals surface area contributed by atoms with Crippen molar-refractivity contribution in [1.29, 1.82) is 0 Å². The fraction of sp³-hybridized carbons (Fsp3) is 0.400. The fourth-order valence-electron chi connectivity index (χ4n) is 1.14. The average Bonchev–Trinajstić information content (AvgIpc) is 2.24. The van der Waals surface area contributed by atoms with E-state index in [9.17, 15) is 4.79 Å². The smallest absolute Gasteiger partial charge is 0.251 e. The van der Waals surface area contributed by atoms with Crippen molar-refractivity contribution in [2.75, 3.05) is 6.61 Å². The van der Waals surface area contributed by atoms with Crippen molar-refractivity contribution in [2.45, 2.75) is 19.4 Å². The molecule has 0 aliphatic rings. The topological polar surface area (TPSA) is 62.2 Å². The van der Waals surface area contributed by atoms with Crippen molar-refractivity contribution < 1.29 is 9.90 Å². The lowest BCUT2D eigenvalue weighted by molar-refractivity contribution is 0.0915. The second kappa shape index (κ2) is 6.03. The Bertz CT molecular complexity index is 361.